The van der Waals surface area contributed by atoms with E-state index in [0.717, 1.165) is 37.7 Å². The first-order chi connectivity index (χ1) is 11.7. The number of rotatable bonds is 5. The zero-order valence-corrected chi connectivity index (χ0v) is 14.7. The van der Waals surface area contributed by atoms with E-state index in [4.69, 9.17) is 16.3 Å². The van der Waals surface area contributed by atoms with Crippen molar-refractivity contribution in [3.8, 4) is 11.5 Å². The summed E-state index contributed by atoms with van der Waals surface area (Å²) >= 11 is 6.09. The number of halogens is 1. The smallest absolute Gasteiger partial charge is 0.161 e. The highest BCUT2D eigenvalue weighted by molar-refractivity contribution is 6.30. The van der Waals surface area contributed by atoms with Crippen molar-refractivity contribution in [1.29, 1.82) is 0 Å². The van der Waals surface area contributed by atoms with Gasteiger partial charge < -0.3 is 19.6 Å². The first-order valence-electron chi connectivity index (χ1n) is 8.44. The molecule has 0 amide bonds. The Morgan fingerprint density at radius 2 is 1.96 bits per heavy atom. The monoisotopic (exact) mass is 347 g/mol. The molecule has 0 aliphatic carbocycles. The minimum absolute atomic E-state index is 0.210. The molecule has 3 rings (SSSR count). The summed E-state index contributed by atoms with van der Waals surface area (Å²) in [5, 5.41) is 10.6. The molecule has 1 aliphatic heterocycles. The van der Waals surface area contributed by atoms with Gasteiger partial charge in [0.15, 0.2) is 11.5 Å². The van der Waals surface area contributed by atoms with Gasteiger partial charge in [0.2, 0.25) is 0 Å². The van der Waals surface area contributed by atoms with Crippen LogP contribution in [0.15, 0.2) is 42.5 Å². The van der Waals surface area contributed by atoms with Crippen LogP contribution in [0.2, 0.25) is 5.02 Å². The fourth-order valence-corrected chi connectivity index (χ4v) is 3.34. The SMILES string of the molecule is CCOc1cc(C[NH+]2CCN(c3cccc(Cl)c3)CC2)ccc1O. The van der Waals surface area contributed by atoms with Gasteiger partial charge in [-0.25, -0.2) is 0 Å². The minimum atomic E-state index is 0.210. The topological polar surface area (TPSA) is 37.1 Å². The third-order valence-electron chi connectivity index (χ3n) is 4.42. The van der Waals surface area contributed by atoms with Gasteiger partial charge in [-0.15, -0.1) is 0 Å². The van der Waals surface area contributed by atoms with Crippen LogP contribution in [-0.2, 0) is 6.54 Å². The van der Waals surface area contributed by atoms with E-state index in [2.05, 4.69) is 11.0 Å². The number of hydrogen-bond acceptors (Lipinski definition) is 3. The number of benzene rings is 2. The van der Waals surface area contributed by atoms with E-state index in [9.17, 15) is 5.11 Å². The van der Waals surface area contributed by atoms with Gasteiger partial charge in [0.1, 0.15) is 6.54 Å². The van der Waals surface area contributed by atoms with Crippen molar-refractivity contribution >= 4 is 17.3 Å². The van der Waals surface area contributed by atoms with E-state index in [1.165, 1.54) is 11.3 Å². The number of phenols is 1. The minimum Gasteiger partial charge on any atom is -0.504 e. The molecule has 1 saturated heterocycles. The normalized spacial score (nSPS) is 15.5. The molecule has 0 bridgehead atoms. The molecule has 0 saturated carbocycles. The van der Waals surface area contributed by atoms with Crippen LogP contribution in [0.25, 0.3) is 0 Å². The molecule has 4 nitrogen and oxygen atoms in total. The quantitative estimate of drug-likeness (QED) is 0.871. The molecule has 1 aliphatic rings. The molecule has 1 fully saturated rings. The Balaban J connectivity index is 1.58. The number of quaternary nitrogens is 1. The lowest BCUT2D eigenvalue weighted by atomic mass is 10.1. The maximum absolute atomic E-state index is 9.81. The number of aromatic hydroxyl groups is 1. The first-order valence-corrected chi connectivity index (χ1v) is 8.82. The van der Waals surface area contributed by atoms with Gasteiger partial charge in [0.05, 0.1) is 32.8 Å². The van der Waals surface area contributed by atoms with Crippen LogP contribution in [0.1, 0.15) is 12.5 Å². The van der Waals surface area contributed by atoms with Crippen LogP contribution in [0.5, 0.6) is 11.5 Å². The number of ether oxygens (including phenoxy) is 1. The number of hydrogen-bond donors (Lipinski definition) is 2. The Hall–Kier alpha value is -1.91. The summed E-state index contributed by atoms with van der Waals surface area (Å²) in [7, 11) is 0. The number of nitrogens with zero attached hydrogens (tertiary/aromatic N) is 1. The van der Waals surface area contributed by atoms with Gasteiger partial charge in [0.25, 0.3) is 0 Å². The summed E-state index contributed by atoms with van der Waals surface area (Å²) < 4.78 is 5.47. The van der Waals surface area contributed by atoms with Crippen molar-refractivity contribution in [2.24, 2.45) is 0 Å². The molecule has 0 atom stereocenters. The number of phenolic OH excluding ortho intramolecular Hbond substituents is 1. The second kappa shape index (κ2) is 7.77. The standard InChI is InChI=1S/C19H23ClN2O2/c1-2-24-19-12-15(6-7-18(19)23)14-21-8-10-22(11-9-21)17-5-3-4-16(20)13-17/h3-7,12-13,23H,2,8-11,14H2,1H3/p+1. The highest BCUT2D eigenvalue weighted by atomic mass is 35.5. The van der Waals surface area contributed by atoms with Crippen molar-refractivity contribution in [3.05, 3.63) is 53.1 Å². The molecule has 0 spiro atoms. The largest absolute Gasteiger partial charge is 0.504 e. The molecule has 0 unspecified atom stereocenters. The highest BCUT2D eigenvalue weighted by Crippen LogP contribution is 2.26. The van der Waals surface area contributed by atoms with E-state index >= 15 is 0 Å². The van der Waals surface area contributed by atoms with Crippen LogP contribution in [0.4, 0.5) is 5.69 Å². The fraction of sp³-hybridized carbons (Fsp3) is 0.368. The molecule has 2 aromatic rings. The average molecular weight is 348 g/mol. The maximum Gasteiger partial charge on any atom is 0.161 e. The summed E-state index contributed by atoms with van der Waals surface area (Å²) in [6, 6.07) is 13.7. The summed E-state index contributed by atoms with van der Waals surface area (Å²) in [4.78, 5) is 3.93. The average Bonchev–Trinajstić information content (AvgIpc) is 2.59. The van der Waals surface area contributed by atoms with E-state index in [1.54, 1.807) is 11.0 Å². The Kier molecular flexibility index (Phi) is 5.48. The van der Waals surface area contributed by atoms with E-state index in [-0.39, 0.29) is 5.75 Å². The molecule has 5 heteroatoms. The molecule has 2 N–H and O–H groups in total. The van der Waals surface area contributed by atoms with Crippen LogP contribution < -0.4 is 14.5 Å². The van der Waals surface area contributed by atoms with Crippen molar-refractivity contribution in [3.63, 3.8) is 0 Å². The second-order valence-corrected chi connectivity index (χ2v) is 6.57. The first kappa shape index (κ1) is 16.9. The Labute approximate surface area is 148 Å². The summed E-state index contributed by atoms with van der Waals surface area (Å²) in [5.41, 5.74) is 2.40. The summed E-state index contributed by atoms with van der Waals surface area (Å²) in [5.74, 6) is 0.785. The third kappa shape index (κ3) is 4.13. The van der Waals surface area contributed by atoms with E-state index < -0.39 is 0 Å². The molecular formula is C19H24ClN2O2+. The molecule has 1 heterocycles. The third-order valence-corrected chi connectivity index (χ3v) is 4.66. The Morgan fingerprint density at radius 1 is 1.17 bits per heavy atom. The molecular weight excluding hydrogens is 324 g/mol. The molecule has 2 aromatic carbocycles. The highest BCUT2D eigenvalue weighted by Gasteiger charge is 2.21. The lowest BCUT2D eigenvalue weighted by Gasteiger charge is -2.33. The van der Waals surface area contributed by atoms with Crippen LogP contribution >= 0.6 is 11.6 Å². The molecule has 0 radical (unpaired) electrons. The van der Waals surface area contributed by atoms with Crippen molar-refractivity contribution in [1.82, 2.24) is 0 Å². The number of anilines is 1. The van der Waals surface area contributed by atoms with Crippen LogP contribution in [0.3, 0.4) is 0 Å². The van der Waals surface area contributed by atoms with Gasteiger partial charge in [-0.05, 0) is 43.3 Å². The van der Waals surface area contributed by atoms with Gasteiger partial charge >= 0.3 is 0 Å². The van der Waals surface area contributed by atoms with E-state index in [0.29, 0.717) is 12.4 Å². The fourth-order valence-electron chi connectivity index (χ4n) is 3.16. The second-order valence-electron chi connectivity index (χ2n) is 6.13. The molecule has 24 heavy (non-hydrogen) atoms. The number of piperazine rings is 1. The maximum atomic E-state index is 9.81. The molecule has 128 valence electrons. The van der Waals surface area contributed by atoms with Gasteiger partial charge in [-0.3, -0.25) is 0 Å². The van der Waals surface area contributed by atoms with Crippen LogP contribution in [-0.4, -0.2) is 37.9 Å². The van der Waals surface area contributed by atoms with Gasteiger partial charge in [-0.1, -0.05) is 17.7 Å². The zero-order valence-electron chi connectivity index (χ0n) is 14.0. The Bertz CT molecular complexity index is 685. The van der Waals surface area contributed by atoms with Crippen LogP contribution in [0, 0.1) is 0 Å². The van der Waals surface area contributed by atoms with Gasteiger partial charge in [-0.2, -0.15) is 0 Å². The predicted molar refractivity (Wildman–Crippen MR) is 97.3 cm³/mol. The lowest BCUT2D eigenvalue weighted by molar-refractivity contribution is -0.914. The number of nitrogens with one attached hydrogen (secondary N) is 1. The lowest BCUT2D eigenvalue weighted by Crippen LogP contribution is -3.13. The molecule has 0 aromatic heterocycles. The van der Waals surface area contributed by atoms with Crippen molar-refractivity contribution in [2.75, 3.05) is 37.7 Å². The summed E-state index contributed by atoms with van der Waals surface area (Å²) in [6.07, 6.45) is 0. The van der Waals surface area contributed by atoms with Crippen molar-refractivity contribution in [2.45, 2.75) is 13.5 Å². The summed E-state index contributed by atoms with van der Waals surface area (Å²) in [6.45, 7) is 7.63. The van der Waals surface area contributed by atoms with Gasteiger partial charge in [0, 0.05) is 16.3 Å². The van der Waals surface area contributed by atoms with E-state index in [1.807, 2.05) is 37.3 Å². The van der Waals surface area contributed by atoms with Crippen molar-refractivity contribution < 1.29 is 14.7 Å². The Morgan fingerprint density at radius 3 is 2.67 bits per heavy atom. The zero-order chi connectivity index (χ0) is 16.9. The predicted octanol–water partition coefficient (Wildman–Crippen LogP) is 2.35.